The third-order valence-electron chi connectivity index (χ3n) is 3.65. The van der Waals surface area contributed by atoms with Crippen molar-refractivity contribution in [3.05, 3.63) is 66.0 Å². The van der Waals surface area contributed by atoms with Gasteiger partial charge in [-0.2, -0.15) is 0 Å². The van der Waals surface area contributed by atoms with E-state index in [2.05, 4.69) is 10.3 Å². The van der Waals surface area contributed by atoms with Crippen molar-refractivity contribution in [3.63, 3.8) is 0 Å². The normalized spacial score (nSPS) is 12.6. The number of methoxy groups -OCH3 is 1. The fourth-order valence-corrected chi connectivity index (χ4v) is 2.31. The first kappa shape index (κ1) is 18.1. The smallest absolute Gasteiger partial charge is 0.252 e. The molecule has 128 valence electrons. The van der Waals surface area contributed by atoms with Crippen LogP contribution in [0.3, 0.4) is 0 Å². The van der Waals surface area contributed by atoms with Crippen LogP contribution in [0.4, 0.5) is 0 Å². The van der Waals surface area contributed by atoms with Crippen LogP contribution in [0, 0.1) is 0 Å². The van der Waals surface area contributed by atoms with Crippen LogP contribution in [-0.4, -0.2) is 30.7 Å². The number of pyridine rings is 1. The van der Waals surface area contributed by atoms with Gasteiger partial charge in [-0.15, -0.1) is 0 Å². The molecule has 5 nitrogen and oxygen atoms in total. The predicted octanol–water partition coefficient (Wildman–Crippen LogP) is 2.66. The molecule has 0 saturated heterocycles. The van der Waals surface area contributed by atoms with Crippen molar-refractivity contribution in [2.45, 2.75) is 32.1 Å². The summed E-state index contributed by atoms with van der Waals surface area (Å²) in [4.78, 5) is 16.9. The first-order valence-corrected chi connectivity index (χ1v) is 7.91. The molecule has 0 fully saturated rings. The van der Waals surface area contributed by atoms with Gasteiger partial charge in [-0.05, 0) is 31.5 Å². The van der Waals surface area contributed by atoms with Gasteiger partial charge in [0.25, 0.3) is 5.91 Å². The molecular formula is C19H24N2O3. The van der Waals surface area contributed by atoms with Crippen LogP contribution in [0.2, 0.25) is 0 Å². The molecule has 24 heavy (non-hydrogen) atoms. The first-order valence-electron chi connectivity index (χ1n) is 7.91. The summed E-state index contributed by atoms with van der Waals surface area (Å²) in [6.07, 6.45) is 1.03. The zero-order valence-corrected chi connectivity index (χ0v) is 14.4. The second-order valence-corrected chi connectivity index (χ2v) is 6.07. The van der Waals surface area contributed by atoms with Crippen LogP contribution in [0.25, 0.3) is 0 Å². The summed E-state index contributed by atoms with van der Waals surface area (Å²) in [6.45, 7) is 4.37. The monoisotopic (exact) mass is 328 g/mol. The summed E-state index contributed by atoms with van der Waals surface area (Å²) in [5, 5.41) is 2.99. The van der Waals surface area contributed by atoms with Crippen molar-refractivity contribution < 1.29 is 14.3 Å². The molecule has 1 N–H and O–H groups in total. The minimum absolute atomic E-state index is 0.191. The molecule has 0 aliphatic heterocycles. The quantitative estimate of drug-likeness (QED) is 0.809. The third kappa shape index (κ3) is 5.15. The summed E-state index contributed by atoms with van der Waals surface area (Å²) >= 11 is 0. The predicted molar refractivity (Wildman–Crippen MR) is 92.3 cm³/mol. The van der Waals surface area contributed by atoms with Gasteiger partial charge < -0.3 is 14.8 Å². The fraction of sp³-hybridized carbons (Fsp3) is 0.368. The van der Waals surface area contributed by atoms with Crippen molar-refractivity contribution in [2.75, 3.05) is 13.7 Å². The molecule has 1 atom stereocenters. The third-order valence-corrected chi connectivity index (χ3v) is 3.65. The Hall–Kier alpha value is -2.24. The van der Waals surface area contributed by atoms with E-state index in [4.69, 9.17) is 9.47 Å². The Kier molecular flexibility index (Phi) is 6.46. The molecule has 0 saturated carbocycles. The molecule has 2 aromatic rings. The molecule has 5 heteroatoms. The Balaban J connectivity index is 2.00. The van der Waals surface area contributed by atoms with Crippen molar-refractivity contribution >= 4 is 5.91 Å². The van der Waals surface area contributed by atoms with Gasteiger partial charge in [-0.3, -0.25) is 9.78 Å². The van der Waals surface area contributed by atoms with Gasteiger partial charge in [0.1, 0.15) is 0 Å². The summed E-state index contributed by atoms with van der Waals surface area (Å²) in [5.41, 5.74) is 1.20. The number of carbonyl (C=O) groups excluding carboxylic acids is 1. The number of aromatic nitrogens is 1. The second-order valence-electron chi connectivity index (χ2n) is 6.07. The highest BCUT2D eigenvalue weighted by molar-refractivity contribution is 5.81. The maximum Gasteiger partial charge on any atom is 0.252 e. The lowest BCUT2D eigenvalue weighted by molar-refractivity contribution is -0.139. The number of hydrogen-bond donors (Lipinski definition) is 1. The van der Waals surface area contributed by atoms with Crippen LogP contribution in [-0.2, 0) is 26.4 Å². The largest absolute Gasteiger partial charge is 0.381 e. The molecule has 1 aromatic heterocycles. The summed E-state index contributed by atoms with van der Waals surface area (Å²) in [7, 11) is 1.55. The molecule has 0 aliphatic carbocycles. The minimum Gasteiger partial charge on any atom is -0.381 e. The lowest BCUT2D eigenvalue weighted by Crippen LogP contribution is -2.48. The van der Waals surface area contributed by atoms with E-state index in [1.165, 1.54) is 0 Å². The van der Waals surface area contributed by atoms with Crippen molar-refractivity contribution in [2.24, 2.45) is 0 Å². The van der Waals surface area contributed by atoms with Crippen LogP contribution in [0.5, 0.6) is 0 Å². The Morgan fingerprint density at radius 3 is 2.50 bits per heavy atom. The number of rotatable bonds is 8. The number of carbonyl (C=O) groups is 1. The van der Waals surface area contributed by atoms with Gasteiger partial charge in [0.05, 0.1) is 24.4 Å². The summed E-state index contributed by atoms with van der Waals surface area (Å²) in [6, 6.07) is 15.4. The van der Waals surface area contributed by atoms with E-state index in [0.717, 1.165) is 11.3 Å². The zero-order chi connectivity index (χ0) is 17.4. The fourth-order valence-electron chi connectivity index (χ4n) is 2.31. The van der Waals surface area contributed by atoms with E-state index < -0.39 is 11.6 Å². The topological polar surface area (TPSA) is 60.5 Å². The average molecular weight is 328 g/mol. The van der Waals surface area contributed by atoms with Crippen LogP contribution in [0.15, 0.2) is 54.7 Å². The number of benzene rings is 1. The Bertz CT molecular complexity index is 630. The maximum absolute atomic E-state index is 12.6. The van der Waals surface area contributed by atoms with E-state index in [-0.39, 0.29) is 12.5 Å². The van der Waals surface area contributed by atoms with Crippen LogP contribution < -0.4 is 5.32 Å². The molecular weight excluding hydrogens is 304 g/mol. The molecule has 0 aliphatic rings. The summed E-state index contributed by atoms with van der Waals surface area (Å²) in [5.74, 6) is -0.219. The van der Waals surface area contributed by atoms with E-state index in [1.54, 1.807) is 13.3 Å². The van der Waals surface area contributed by atoms with Crippen molar-refractivity contribution in [1.29, 1.82) is 0 Å². The molecule has 2 rings (SSSR count). The van der Waals surface area contributed by atoms with Gasteiger partial charge in [0, 0.05) is 13.3 Å². The molecule has 1 heterocycles. The van der Waals surface area contributed by atoms with Crippen LogP contribution >= 0.6 is 0 Å². The number of hydrogen-bond acceptors (Lipinski definition) is 4. The molecule has 1 aromatic carbocycles. The molecule has 1 amide bonds. The standard InChI is InChI=1S/C19H24N2O3/c1-19(2,17-11-7-8-12-20-17)21-18(22)16(14-23-3)24-13-15-9-5-4-6-10-15/h4-12,16H,13-14H2,1-3H3,(H,21,22)/t16-/m0/s1. The number of nitrogens with zero attached hydrogens (tertiary/aromatic N) is 1. The lowest BCUT2D eigenvalue weighted by atomic mass is 9.99. The average Bonchev–Trinajstić information content (AvgIpc) is 2.60. The Labute approximate surface area is 143 Å². The molecule has 0 radical (unpaired) electrons. The summed E-state index contributed by atoms with van der Waals surface area (Å²) < 4.78 is 10.9. The van der Waals surface area contributed by atoms with Gasteiger partial charge in [-0.1, -0.05) is 36.4 Å². The van der Waals surface area contributed by atoms with Crippen molar-refractivity contribution in [3.8, 4) is 0 Å². The van der Waals surface area contributed by atoms with Crippen LogP contribution in [0.1, 0.15) is 25.1 Å². The van der Waals surface area contributed by atoms with E-state index in [0.29, 0.717) is 6.61 Å². The molecule has 0 bridgehead atoms. The Morgan fingerprint density at radius 2 is 1.88 bits per heavy atom. The van der Waals surface area contributed by atoms with Gasteiger partial charge >= 0.3 is 0 Å². The minimum atomic E-state index is -0.682. The highest BCUT2D eigenvalue weighted by Gasteiger charge is 2.28. The Morgan fingerprint density at radius 1 is 1.17 bits per heavy atom. The number of amides is 1. The van der Waals surface area contributed by atoms with Gasteiger partial charge in [-0.25, -0.2) is 0 Å². The van der Waals surface area contributed by atoms with Gasteiger partial charge in [0.2, 0.25) is 0 Å². The van der Waals surface area contributed by atoms with Crippen molar-refractivity contribution in [1.82, 2.24) is 10.3 Å². The van der Waals surface area contributed by atoms with E-state index >= 15 is 0 Å². The zero-order valence-electron chi connectivity index (χ0n) is 14.4. The first-order chi connectivity index (χ1) is 11.5. The van der Waals surface area contributed by atoms with E-state index in [1.807, 2.05) is 62.4 Å². The maximum atomic E-state index is 12.6. The SMILES string of the molecule is COC[C@H](OCc1ccccc1)C(=O)NC(C)(C)c1ccccn1. The highest BCUT2D eigenvalue weighted by Crippen LogP contribution is 2.17. The second kappa shape index (κ2) is 8.57. The molecule has 0 spiro atoms. The number of nitrogens with one attached hydrogen (secondary N) is 1. The highest BCUT2D eigenvalue weighted by atomic mass is 16.5. The lowest BCUT2D eigenvalue weighted by Gasteiger charge is -2.28. The van der Waals surface area contributed by atoms with E-state index in [9.17, 15) is 4.79 Å². The van der Waals surface area contributed by atoms with Gasteiger partial charge in [0.15, 0.2) is 6.10 Å². The molecule has 0 unspecified atom stereocenters. The number of ether oxygens (including phenoxy) is 2.